The number of nitrogens with one attached hydrogen (secondary N) is 1. The van der Waals surface area contributed by atoms with Crippen LogP contribution in [0, 0.1) is 12.8 Å². The maximum Gasteiger partial charge on any atom is 0.252 e. The highest BCUT2D eigenvalue weighted by Gasteiger charge is 2.26. The minimum absolute atomic E-state index is 0.131. The molecule has 1 heterocycles. The van der Waals surface area contributed by atoms with Gasteiger partial charge in [0, 0.05) is 12.6 Å². The van der Waals surface area contributed by atoms with E-state index < -0.39 is 10.0 Å². The van der Waals surface area contributed by atoms with Crippen LogP contribution in [0.1, 0.15) is 26.5 Å². The lowest BCUT2D eigenvalue weighted by Gasteiger charge is -2.21. The third-order valence-corrected chi connectivity index (χ3v) is 5.71. The number of hydrogen-bond donors (Lipinski definition) is 2. The Balaban J connectivity index is 2.91. The fourth-order valence-corrected chi connectivity index (χ4v) is 4.20. The van der Waals surface area contributed by atoms with E-state index in [2.05, 4.69) is 9.71 Å². The van der Waals surface area contributed by atoms with Crippen molar-refractivity contribution < 1.29 is 13.2 Å². The molecule has 8 heteroatoms. The van der Waals surface area contributed by atoms with Crippen molar-refractivity contribution in [1.82, 2.24) is 9.71 Å². The molecular formula is C11H21N3O3S2. The molecular weight excluding hydrogens is 286 g/mol. The monoisotopic (exact) mass is 307 g/mol. The van der Waals surface area contributed by atoms with E-state index in [0.717, 1.165) is 11.3 Å². The Labute approximate surface area is 118 Å². The first-order valence-corrected chi connectivity index (χ1v) is 8.40. The second-order valence-corrected chi connectivity index (χ2v) is 7.50. The molecule has 1 atom stereocenters. The molecule has 0 aliphatic heterocycles. The summed E-state index contributed by atoms with van der Waals surface area (Å²) in [6.07, 6.45) is 0. The van der Waals surface area contributed by atoms with Crippen molar-refractivity contribution in [2.45, 2.75) is 37.9 Å². The summed E-state index contributed by atoms with van der Waals surface area (Å²) < 4.78 is 32.7. The second kappa shape index (κ2) is 6.65. The van der Waals surface area contributed by atoms with Crippen LogP contribution in [-0.4, -0.2) is 32.7 Å². The topological polar surface area (TPSA) is 94.3 Å². The molecule has 1 aromatic rings. The largest absolute Gasteiger partial charge is 0.380 e. The first-order chi connectivity index (χ1) is 8.77. The molecule has 0 saturated heterocycles. The van der Waals surface area contributed by atoms with Gasteiger partial charge in [0.25, 0.3) is 10.0 Å². The number of hydrogen-bond acceptors (Lipinski definition) is 6. The van der Waals surface area contributed by atoms with Gasteiger partial charge < -0.3 is 10.5 Å². The van der Waals surface area contributed by atoms with Crippen LogP contribution in [0.3, 0.4) is 0 Å². The lowest BCUT2D eigenvalue weighted by atomic mass is 10.1. The van der Waals surface area contributed by atoms with Gasteiger partial charge in [0.2, 0.25) is 0 Å². The van der Waals surface area contributed by atoms with Gasteiger partial charge in [-0.15, -0.1) is 0 Å². The molecule has 19 heavy (non-hydrogen) atoms. The molecule has 0 aliphatic carbocycles. The Kier molecular flexibility index (Phi) is 5.72. The number of aromatic nitrogens is 1. The number of thiazole rings is 1. The van der Waals surface area contributed by atoms with Gasteiger partial charge >= 0.3 is 0 Å². The fourth-order valence-electron chi connectivity index (χ4n) is 1.51. The van der Waals surface area contributed by atoms with E-state index in [1.165, 1.54) is 0 Å². The number of nitrogens with two attached hydrogens (primary N) is 1. The Morgan fingerprint density at radius 1 is 1.47 bits per heavy atom. The minimum Gasteiger partial charge on any atom is -0.380 e. The molecule has 0 fully saturated rings. The molecule has 1 unspecified atom stereocenters. The van der Waals surface area contributed by atoms with Crippen LogP contribution in [0.15, 0.2) is 4.21 Å². The molecule has 3 N–H and O–H groups in total. The summed E-state index contributed by atoms with van der Waals surface area (Å²) in [7, 11) is -3.60. The standard InChI is InChI=1S/C11H21N3O3S2/c1-5-17-6-9(7(2)3)14-19(15,16)10-8(4)13-11(12)18-10/h7,9,14H,5-6H2,1-4H3,(H2,12,13). The molecule has 0 amide bonds. The number of anilines is 1. The van der Waals surface area contributed by atoms with E-state index in [9.17, 15) is 8.42 Å². The lowest BCUT2D eigenvalue weighted by molar-refractivity contribution is 0.116. The zero-order valence-electron chi connectivity index (χ0n) is 11.6. The van der Waals surface area contributed by atoms with Crippen LogP contribution < -0.4 is 10.5 Å². The summed E-state index contributed by atoms with van der Waals surface area (Å²) in [4.78, 5) is 3.94. The predicted molar refractivity (Wildman–Crippen MR) is 76.7 cm³/mol. The molecule has 0 aromatic carbocycles. The van der Waals surface area contributed by atoms with Gasteiger partial charge in [0.05, 0.1) is 12.3 Å². The van der Waals surface area contributed by atoms with Crippen LogP contribution in [0.5, 0.6) is 0 Å². The van der Waals surface area contributed by atoms with Crippen molar-refractivity contribution in [3.05, 3.63) is 5.69 Å². The van der Waals surface area contributed by atoms with Crippen molar-refractivity contribution in [3.63, 3.8) is 0 Å². The van der Waals surface area contributed by atoms with Crippen LogP contribution in [0.2, 0.25) is 0 Å². The van der Waals surface area contributed by atoms with Crippen molar-refractivity contribution in [2.75, 3.05) is 18.9 Å². The quantitative estimate of drug-likeness (QED) is 0.793. The van der Waals surface area contributed by atoms with E-state index in [1.807, 2.05) is 20.8 Å². The molecule has 6 nitrogen and oxygen atoms in total. The van der Waals surface area contributed by atoms with Crippen molar-refractivity contribution in [2.24, 2.45) is 5.92 Å². The summed E-state index contributed by atoms with van der Waals surface area (Å²) in [5.74, 6) is 0.131. The van der Waals surface area contributed by atoms with Gasteiger partial charge in [-0.1, -0.05) is 25.2 Å². The minimum atomic E-state index is -3.60. The highest BCUT2D eigenvalue weighted by Crippen LogP contribution is 2.25. The lowest BCUT2D eigenvalue weighted by Crippen LogP contribution is -2.41. The summed E-state index contributed by atoms with van der Waals surface area (Å²) in [5.41, 5.74) is 5.96. The van der Waals surface area contributed by atoms with E-state index in [1.54, 1.807) is 6.92 Å². The number of rotatable bonds is 7. The van der Waals surface area contributed by atoms with E-state index >= 15 is 0 Å². The van der Waals surface area contributed by atoms with Crippen LogP contribution in [0.4, 0.5) is 5.13 Å². The van der Waals surface area contributed by atoms with E-state index in [0.29, 0.717) is 18.9 Å². The molecule has 0 bridgehead atoms. The zero-order valence-corrected chi connectivity index (χ0v) is 13.3. The summed E-state index contributed by atoms with van der Waals surface area (Å²) in [6.45, 7) is 8.30. The van der Waals surface area contributed by atoms with E-state index in [-0.39, 0.29) is 21.3 Å². The van der Waals surface area contributed by atoms with Crippen molar-refractivity contribution >= 4 is 26.5 Å². The molecule has 0 radical (unpaired) electrons. The van der Waals surface area contributed by atoms with Crippen molar-refractivity contribution in [1.29, 1.82) is 0 Å². The first-order valence-electron chi connectivity index (χ1n) is 6.11. The molecule has 0 saturated carbocycles. The van der Waals surface area contributed by atoms with E-state index in [4.69, 9.17) is 10.5 Å². The average molecular weight is 307 g/mol. The van der Waals surface area contributed by atoms with Gasteiger partial charge in [0.15, 0.2) is 9.34 Å². The maximum atomic E-state index is 12.3. The van der Waals surface area contributed by atoms with Gasteiger partial charge in [-0.3, -0.25) is 0 Å². The summed E-state index contributed by atoms with van der Waals surface area (Å²) in [5, 5.41) is 0.254. The van der Waals surface area contributed by atoms with Crippen LogP contribution >= 0.6 is 11.3 Å². The van der Waals surface area contributed by atoms with Gasteiger partial charge in [-0.2, -0.15) is 0 Å². The third kappa shape index (κ3) is 4.41. The fraction of sp³-hybridized carbons (Fsp3) is 0.727. The third-order valence-electron chi connectivity index (χ3n) is 2.63. The number of aryl methyl sites for hydroxylation is 1. The number of nitrogens with zero attached hydrogens (tertiary/aromatic N) is 1. The molecule has 110 valence electrons. The van der Waals surface area contributed by atoms with Crippen molar-refractivity contribution in [3.8, 4) is 0 Å². The molecule has 0 spiro atoms. The molecule has 0 aliphatic rings. The smallest absolute Gasteiger partial charge is 0.252 e. The average Bonchev–Trinajstić information content (AvgIpc) is 2.64. The van der Waals surface area contributed by atoms with Crippen LogP contribution in [-0.2, 0) is 14.8 Å². The number of sulfonamides is 1. The molecule has 1 rings (SSSR count). The number of ether oxygens (including phenoxy) is 1. The Hall–Kier alpha value is -0.700. The normalized spacial score (nSPS) is 13.9. The predicted octanol–water partition coefficient (Wildman–Crippen LogP) is 1.37. The Bertz CT molecular complexity index is 511. The molecule has 1 aromatic heterocycles. The maximum absolute atomic E-state index is 12.3. The summed E-state index contributed by atoms with van der Waals surface area (Å²) >= 11 is 0.974. The summed E-state index contributed by atoms with van der Waals surface area (Å²) in [6, 6.07) is -0.271. The first kappa shape index (κ1) is 16.4. The Morgan fingerprint density at radius 3 is 2.53 bits per heavy atom. The SMILES string of the molecule is CCOCC(NS(=O)(=O)c1sc(N)nc1C)C(C)C. The number of nitrogen functional groups attached to an aromatic ring is 1. The highest BCUT2D eigenvalue weighted by atomic mass is 32.2. The second-order valence-electron chi connectivity index (χ2n) is 4.56. The zero-order chi connectivity index (χ0) is 14.6. The van der Waals surface area contributed by atoms with Crippen LogP contribution in [0.25, 0.3) is 0 Å². The van der Waals surface area contributed by atoms with Gasteiger partial charge in [-0.25, -0.2) is 18.1 Å². The van der Waals surface area contributed by atoms with Gasteiger partial charge in [-0.05, 0) is 19.8 Å². The van der Waals surface area contributed by atoms with Gasteiger partial charge in [0.1, 0.15) is 0 Å². The highest BCUT2D eigenvalue weighted by molar-refractivity contribution is 7.91. The Morgan fingerprint density at radius 2 is 2.11 bits per heavy atom.